The van der Waals surface area contributed by atoms with Gasteiger partial charge in [-0.15, -0.1) is 0 Å². The van der Waals surface area contributed by atoms with Crippen LogP contribution in [0.5, 0.6) is 0 Å². The summed E-state index contributed by atoms with van der Waals surface area (Å²) >= 11 is 5.70. The molecule has 0 spiro atoms. The fraction of sp³-hybridized carbons (Fsp3) is 0.562. The molecule has 1 fully saturated rings. The fourth-order valence-electron chi connectivity index (χ4n) is 2.95. The van der Waals surface area contributed by atoms with Gasteiger partial charge in [-0.2, -0.15) is 5.26 Å². The summed E-state index contributed by atoms with van der Waals surface area (Å²) in [6.45, 7) is 0. The predicted octanol–water partition coefficient (Wildman–Crippen LogP) is 5.28. The summed E-state index contributed by atoms with van der Waals surface area (Å²) in [7, 11) is 0. The van der Waals surface area contributed by atoms with E-state index in [2.05, 4.69) is 6.07 Å². The summed E-state index contributed by atoms with van der Waals surface area (Å²) in [5, 5.41) is 9.72. The van der Waals surface area contributed by atoms with Gasteiger partial charge in [0.25, 0.3) is 0 Å². The molecule has 1 saturated carbocycles. The molecule has 1 nitrogen and oxygen atoms in total. The van der Waals surface area contributed by atoms with Gasteiger partial charge < -0.3 is 0 Å². The molecular weight excluding hydrogens is 261 g/mol. The molecule has 0 N–H and O–H groups in total. The highest BCUT2D eigenvalue weighted by atomic mass is 35.5. The highest BCUT2D eigenvalue weighted by Crippen LogP contribution is 2.37. The van der Waals surface area contributed by atoms with Crippen LogP contribution in [0.15, 0.2) is 18.2 Å². The molecule has 0 unspecified atom stereocenters. The Bertz CT molecular complexity index is 470. The molecule has 0 aliphatic heterocycles. The van der Waals surface area contributed by atoms with Gasteiger partial charge in [-0.3, -0.25) is 0 Å². The number of halogens is 2. The predicted molar refractivity (Wildman–Crippen MR) is 75.5 cm³/mol. The van der Waals surface area contributed by atoms with E-state index in [4.69, 9.17) is 11.6 Å². The van der Waals surface area contributed by atoms with Gasteiger partial charge in [0.2, 0.25) is 0 Å². The van der Waals surface area contributed by atoms with E-state index >= 15 is 0 Å². The van der Waals surface area contributed by atoms with Crippen LogP contribution in [0, 0.1) is 22.6 Å². The third-order valence-electron chi connectivity index (χ3n) is 4.07. The largest absolute Gasteiger partial charge is 0.205 e. The van der Waals surface area contributed by atoms with Gasteiger partial charge in [0, 0.05) is 0 Å². The molecule has 19 heavy (non-hydrogen) atoms. The minimum absolute atomic E-state index is 0.146. The second kappa shape index (κ2) is 6.39. The minimum Gasteiger partial charge on any atom is -0.205 e. The second-order valence-electron chi connectivity index (χ2n) is 5.59. The molecule has 0 heterocycles. The summed E-state index contributed by atoms with van der Waals surface area (Å²) in [6.07, 6.45) is 8.38. The molecule has 0 radical (unpaired) electrons. The zero-order valence-corrected chi connectivity index (χ0v) is 11.8. The average molecular weight is 280 g/mol. The number of hydrogen-bond donors (Lipinski definition) is 0. The standard InChI is InChI=1S/C16H19ClFN/c17-14-7-6-13(10-15(14)18)11-16(12-19)8-4-2-1-3-5-9-16/h6-7,10H,1-5,8-9,11H2. The first-order valence-electron chi connectivity index (χ1n) is 7.00. The molecule has 0 atom stereocenters. The van der Waals surface area contributed by atoms with Crippen molar-refractivity contribution in [3.05, 3.63) is 34.6 Å². The Balaban J connectivity index is 2.16. The van der Waals surface area contributed by atoms with Gasteiger partial charge in [-0.05, 0) is 37.0 Å². The van der Waals surface area contributed by atoms with Crippen molar-refractivity contribution in [2.45, 2.75) is 51.4 Å². The summed E-state index contributed by atoms with van der Waals surface area (Å²) < 4.78 is 13.5. The van der Waals surface area contributed by atoms with E-state index in [9.17, 15) is 9.65 Å². The Hall–Kier alpha value is -1.07. The van der Waals surface area contributed by atoms with Crippen LogP contribution in [0.3, 0.4) is 0 Å². The Morgan fingerprint density at radius 1 is 1.16 bits per heavy atom. The van der Waals surface area contributed by atoms with Gasteiger partial charge in [0.1, 0.15) is 5.82 Å². The third-order valence-corrected chi connectivity index (χ3v) is 4.38. The molecule has 0 amide bonds. The Morgan fingerprint density at radius 3 is 2.37 bits per heavy atom. The molecule has 0 bridgehead atoms. The highest BCUT2D eigenvalue weighted by molar-refractivity contribution is 6.30. The summed E-state index contributed by atoms with van der Waals surface area (Å²) in [5.41, 5.74) is 0.560. The quantitative estimate of drug-likeness (QED) is 0.723. The van der Waals surface area contributed by atoms with Gasteiger partial charge >= 0.3 is 0 Å². The average Bonchev–Trinajstić information content (AvgIpc) is 2.37. The zero-order chi connectivity index (χ0) is 13.7. The van der Waals surface area contributed by atoms with E-state index in [1.165, 1.54) is 25.3 Å². The fourth-order valence-corrected chi connectivity index (χ4v) is 3.07. The number of nitriles is 1. The van der Waals surface area contributed by atoms with E-state index in [1.54, 1.807) is 6.07 Å². The number of rotatable bonds is 2. The maximum absolute atomic E-state index is 13.5. The van der Waals surface area contributed by atoms with Crippen LogP contribution in [0.25, 0.3) is 0 Å². The van der Waals surface area contributed by atoms with Gasteiger partial charge in [0.05, 0.1) is 16.5 Å². The van der Waals surface area contributed by atoms with Crippen LogP contribution < -0.4 is 0 Å². The molecule has 2 rings (SSSR count). The van der Waals surface area contributed by atoms with Gasteiger partial charge in [0.15, 0.2) is 0 Å². The van der Waals surface area contributed by atoms with E-state index in [0.29, 0.717) is 6.42 Å². The number of nitrogens with zero attached hydrogens (tertiary/aromatic N) is 1. The third kappa shape index (κ3) is 3.70. The molecule has 0 aromatic heterocycles. The molecular formula is C16H19ClFN. The summed E-state index contributed by atoms with van der Waals surface area (Å²) in [4.78, 5) is 0. The lowest BCUT2D eigenvalue weighted by atomic mass is 9.73. The topological polar surface area (TPSA) is 23.8 Å². The Morgan fingerprint density at radius 2 is 1.79 bits per heavy atom. The Labute approximate surface area is 119 Å². The first-order chi connectivity index (χ1) is 9.15. The van der Waals surface area contributed by atoms with E-state index < -0.39 is 5.82 Å². The molecule has 1 aromatic rings. The molecule has 1 aliphatic carbocycles. The first kappa shape index (κ1) is 14.3. The lowest BCUT2D eigenvalue weighted by Gasteiger charge is -2.28. The number of hydrogen-bond acceptors (Lipinski definition) is 1. The van der Waals surface area contributed by atoms with Crippen molar-refractivity contribution in [3.63, 3.8) is 0 Å². The van der Waals surface area contributed by atoms with E-state index in [-0.39, 0.29) is 10.4 Å². The van der Waals surface area contributed by atoms with Crippen molar-refractivity contribution in [2.24, 2.45) is 5.41 Å². The van der Waals surface area contributed by atoms with Gasteiger partial charge in [-0.25, -0.2) is 4.39 Å². The summed E-state index contributed by atoms with van der Waals surface area (Å²) in [6, 6.07) is 7.40. The lowest BCUT2D eigenvalue weighted by molar-refractivity contribution is 0.287. The second-order valence-corrected chi connectivity index (χ2v) is 5.99. The summed E-state index contributed by atoms with van der Waals surface area (Å²) in [5.74, 6) is -0.391. The smallest absolute Gasteiger partial charge is 0.142 e. The molecule has 102 valence electrons. The van der Waals surface area contributed by atoms with Crippen LogP contribution in [0.4, 0.5) is 4.39 Å². The SMILES string of the molecule is N#CC1(Cc2ccc(Cl)c(F)c2)CCCCCCC1. The van der Waals surface area contributed by atoms with Crippen LogP contribution in [0.2, 0.25) is 5.02 Å². The van der Waals surface area contributed by atoms with E-state index in [0.717, 1.165) is 31.2 Å². The number of benzene rings is 1. The van der Waals surface area contributed by atoms with Crippen LogP contribution in [-0.4, -0.2) is 0 Å². The van der Waals surface area contributed by atoms with Crippen molar-refractivity contribution in [2.75, 3.05) is 0 Å². The highest BCUT2D eigenvalue weighted by Gasteiger charge is 2.30. The monoisotopic (exact) mass is 279 g/mol. The van der Waals surface area contributed by atoms with Crippen LogP contribution in [-0.2, 0) is 6.42 Å². The van der Waals surface area contributed by atoms with Crippen LogP contribution in [0.1, 0.15) is 50.5 Å². The maximum atomic E-state index is 13.5. The van der Waals surface area contributed by atoms with Gasteiger partial charge in [-0.1, -0.05) is 49.8 Å². The van der Waals surface area contributed by atoms with Crippen molar-refractivity contribution in [3.8, 4) is 6.07 Å². The van der Waals surface area contributed by atoms with Crippen molar-refractivity contribution >= 4 is 11.6 Å². The first-order valence-corrected chi connectivity index (χ1v) is 7.38. The molecule has 3 heteroatoms. The lowest BCUT2D eigenvalue weighted by Crippen LogP contribution is -2.23. The minimum atomic E-state index is -0.391. The van der Waals surface area contributed by atoms with Crippen molar-refractivity contribution < 1.29 is 4.39 Å². The molecule has 1 aromatic carbocycles. The van der Waals surface area contributed by atoms with E-state index in [1.807, 2.05) is 6.07 Å². The molecule has 1 aliphatic rings. The maximum Gasteiger partial charge on any atom is 0.142 e. The van der Waals surface area contributed by atoms with Crippen molar-refractivity contribution in [1.82, 2.24) is 0 Å². The van der Waals surface area contributed by atoms with Crippen molar-refractivity contribution in [1.29, 1.82) is 5.26 Å². The van der Waals surface area contributed by atoms with Crippen LogP contribution >= 0.6 is 11.6 Å². The zero-order valence-electron chi connectivity index (χ0n) is 11.1. The molecule has 0 saturated heterocycles. The Kier molecular flexibility index (Phi) is 4.82. The normalized spacial score (nSPS) is 19.2.